The van der Waals surface area contributed by atoms with Crippen LogP contribution in [0.4, 0.5) is 0 Å². The van der Waals surface area contributed by atoms with Crippen molar-refractivity contribution in [3.63, 3.8) is 0 Å². The molecule has 0 saturated heterocycles. The highest BCUT2D eigenvalue weighted by atomic mass is 35.5. The van der Waals surface area contributed by atoms with Gasteiger partial charge in [-0.1, -0.05) is 0 Å². The zero-order chi connectivity index (χ0) is 15.2. The van der Waals surface area contributed by atoms with Gasteiger partial charge in [-0.25, -0.2) is 0 Å². The fourth-order valence-corrected chi connectivity index (χ4v) is 1.84. The quantitative estimate of drug-likeness (QED) is 0.823. The Kier molecular flexibility index (Phi) is 5.11. The minimum absolute atomic E-state index is 0.196. The van der Waals surface area contributed by atoms with Gasteiger partial charge in [-0.05, 0) is 48.0 Å². The molecule has 2 aromatic rings. The molecule has 0 bridgehead atoms. The number of benzene rings is 1. The van der Waals surface area contributed by atoms with Crippen LogP contribution in [-0.2, 0) is 0 Å². The maximum absolute atomic E-state index is 12.0. The molecule has 5 nitrogen and oxygen atoms in total. The van der Waals surface area contributed by atoms with E-state index in [2.05, 4.69) is 0 Å². The van der Waals surface area contributed by atoms with Crippen molar-refractivity contribution >= 4 is 17.5 Å². The lowest BCUT2D eigenvalue weighted by Gasteiger charge is -2.16. The lowest BCUT2D eigenvalue weighted by atomic mass is 10.3. The molecular weight excluding hydrogens is 294 g/mol. The van der Waals surface area contributed by atoms with E-state index in [0.717, 1.165) is 11.5 Å². The van der Waals surface area contributed by atoms with E-state index in [1.807, 2.05) is 24.3 Å². The molecule has 2 rings (SSSR count). The molecular formula is C15H16ClNO4. The van der Waals surface area contributed by atoms with E-state index in [0.29, 0.717) is 13.2 Å². The molecule has 0 aliphatic rings. The summed E-state index contributed by atoms with van der Waals surface area (Å²) >= 11 is 5.65. The third kappa shape index (κ3) is 4.16. The fourth-order valence-electron chi connectivity index (χ4n) is 1.69. The van der Waals surface area contributed by atoms with Gasteiger partial charge in [0.2, 0.25) is 0 Å². The van der Waals surface area contributed by atoms with Gasteiger partial charge in [-0.3, -0.25) is 4.79 Å². The fraction of sp³-hybridized carbons (Fsp3) is 0.267. The molecule has 0 aliphatic carbocycles. The molecule has 112 valence electrons. The maximum atomic E-state index is 12.0. The van der Waals surface area contributed by atoms with Crippen LogP contribution in [0.25, 0.3) is 0 Å². The number of nitrogens with zero attached hydrogens (tertiary/aromatic N) is 1. The van der Waals surface area contributed by atoms with Crippen LogP contribution < -0.4 is 9.47 Å². The number of halogens is 1. The number of hydrogen-bond donors (Lipinski definition) is 0. The minimum atomic E-state index is -0.236. The first-order valence-corrected chi connectivity index (χ1v) is 6.75. The van der Waals surface area contributed by atoms with Crippen LogP contribution >= 0.6 is 11.6 Å². The molecule has 0 atom stereocenters. The first-order chi connectivity index (χ1) is 10.1. The van der Waals surface area contributed by atoms with Crippen molar-refractivity contribution in [1.29, 1.82) is 0 Å². The molecule has 21 heavy (non-hydrogen) atoms. The molecule has 0 saturated carbocycles. The van der Waals surface area contributed by atoms with Crippen LogP contribution in [0.2, 0.25) is 5.22 Å². The Labute approximate surface area is 128 Å². The Bertz CT molecular complexity index is 594. The lowest BCUT2D eigenvalue weighted by molar-refractivity contribution is 0.0742. The monoisotopic (exact) mass is 309 g/mol. The van der Waals surface area contributed by atoms with Gasteiger partial charge in [-0.15, -0.1) is 0 Å². The zero-order valence-corrected chi connectivity index (χ0v) is 12.6. The van der Waals surface area contributed by atoms with Crippen LogP contribution in [0, 0.1) is 0 Å². The van der Waals surface area contributed by atoms with Crippen molar-refractivity contribution in [1.82, 2.24) is 4.90 Å². The average molecular weight is 310 g/mol. The Morgan fingerprint density at radius 1 is 1.19 bits per heavy atom. The van der Waals surface area contributed by atoms with Crippen molar-refractivity contribution in [3.8, 4) is 11.5 Å². The number of carbonyl (C=O) groups is 1. The molecule has 0 radical (unpaired) electrons. The predicted molar refractivity (Wildman–Crippen MR) is 79.2 cm³/mol. The number of methoxy groups -OCH3 is 1. The molecule has 0 unspecified atom stereocenters. The first kappa shape index (κ1) is 15.3. The number of rotatable bonds is 6. The summed E-state index contributed by atoms with van der Waals surface area (Å²) in [5.74, 6) is 1.47. The SMILES string of the molecule is COc1ccc(OCCN(C)C(=O)c2ccc(Cl)o2)cc1. The van der Waals surface area contributed by atoms with E-state index in [-0.39, 0.29) is 16.9 Å². The standard InChI is InChI=1S/C15H16ClNO4/c1-17(15(18)13-7-8-14(16)21-13)9-10-20-12-5-3-11(19-2)4-6-12/h3-8H,9-10H2,1-2H3. The van der Waals surface area contributed by atoms with Gasteiger partial charge in [0, 0.05) is 7.05 Å². The summed E-state index contributed by atoms with van der Waals surface area (Å²) in [6, 6.07) is 10.3. The van der Waals surface area contributed by atoms with Gasteiger partial charge in [0.25, 0.3) is 5.91 Å². The molecule has 1 amide bonds. The van der Waals surface area contributed by atoms with Crippen LogP contribution in [0.15, 0.2) is 40.8 Å². The Morgan fingerprint density at radius 3 is 2.43 bits per heavy atom. The smallest absolute Gasteiger partial charge is 0.289 e. The Hall–Kier alpha value is -2.14. The molecule has 1 heterocycles. The van der Waals surface area contributed by atoms with Crippen LogP contribution in [0.5, 0.6) is 11.5 Å². The van der Waals surface area contributed by atoms with Crippen LogP contribution in [0.3, 0.4) is 0 Å². The third-order valence-electron chi connectivity index (χ3n) is 2.89. The highest BCUT2D eigenvalue weighted by molar-refractivity contribution is 6.29. The van der Waals surface area contributed by atoms with E-state index < -0.39 is 0 Å². The van der Waals surface area contributed by atoms with E-state index in [4.69, 9.17) is 25.5 Å². The van der Waals surface area contributed by atoms with Crippen LogP contribution in [0.1, 0.15) is 10.6 Å². The zero-order valence-electron chi connectivity index (χ0n) is 11.8. The second-order valence-electron chi connectivity index (χ2n) is 4.35. The Morgan fingerprint density at radius 2 is 1.86 bits per heavy atom. The van der Waals surface area contributed by atoms with E-state index >= 15 is 0 Å². The summed E-state index contributed by atoms with van der Waals surface area (Å²) in [7, 11) is 3.29. The van der Waals surface area contributed by atoms with Gasteiger partial charge in [0.05, 0.1) is 13.7 Å². The van der Waals surface area contributed by atoms with E-state index in [9.17, 15) is 4.79 Å². The molecule has 1 aromatic carbocycles. The second kappa shape index (κ2) is 7.04. The number of amides is 1. The molecule has 1 aromatic heterocycles. The van der Waals surface area contributed by atoms with E-state index in [1.54, 1.807) is 20.2 Å². The number of ether oxygens (including phenoxy) is 2. The van der Waals surface area contributed by atoms with Gasteiger partial charge in [0.15, 0.2) is 11.0 Å². The van der Waals surface area contributed by atoms with Crippen molar-refractivity contribution < 1.29 is 18.7 Å². The largest absolute Gasteiger partial charge is 0.497 e. The maximum Gasteiger partial charge on any atom is 0.289 e. The number of likely N-dealkylation sites (N-methyl/N-ethyl adjacent to an activating group) is 1. The molecule has 0 fully saturated rings. The van der Waals surface area contributed by atoms with Gasteiger partial charge in [-0.2, -0.15) is 0 Å². The average Bonchev–Trinajstić information content (AvgIpc) is 2.93. The number of furan rings is 1. The molecule has 0 spiro atoms. The first-order valence-electron chi connectivity index (χ1n) is 6.38. The van der Waals surface area contributed by atoms with Crippen molar-refractivity contribution in [2.75, 3.05) is 27.3 Å². The summed E-state index contributed by atoms with van der Waals surface area (Å²) < 4.78 is 15.7. The highest BCUT2D eigenvalue weighted by Gasteiger charge is 2.15. The van der Waals surface area contributed by atoms with Gasteiger partial charge >= 0.3 is 0 Å². The normalized spacial score (nSPS) is 10.2. The minimum Gasteiger partial charge on any atom is -0.497 e. The number of hydrogen-bond acceptors (Lipinski definition) is 4. The van der Waals surface area contributed by atoms with Crippen molar-refractivity contribution in [2.24, 2.45) is 0 Å². The summed E-state index contributed by atoms with van der Waals surface area (Å²) in [5, 5.41) is 0.196. The second-order valence-corrected chi connectivity index (χ2v) is 4.73. The topological polar surface area (TPSA) is 51.9 Å². The highest BCUT2D eigenvalue weighted by Crippen LogP contribution is 2.17. The molecule has 6 heteroatoms. The summed E-state index contributed by atoms with van der Waals surface area (Å²) in [6.07, 6.45) is 0. The third-order valence-corrected chi connectivity index (χ3v) is 3.09. The van der Waals surface area contributed by atoms with E-state index in [1.165, 1.54) is 11.0 Å². The lowest BCUT2D eigenvalue weighted by Crippen LogP contribution is -2.30. The number of carbonyl (C=O) groups excluding carboxylic acids is 1. The van der Waals surface area contributed by atoms with Crippen molar-refractivity contribution in [3.05, 3.63) is 47.4 Å². The van der Waals surface area contributed by atoms with Gasteiger partial charge < -0.3 is 18.8 Å². The van der Waals surface area contributed by atoms with Gasteiger partial charge in [0.1, 0.15) is 18.1 Å². The summed E-state index contributed by atoms with van der Waals surface area (Å²) in [4.78, 5) is 13.5. The predicted octanol–water partition coefficient (Wildman–Crippen LogP) is 3.09. The van der Waals surface area contributed by atoms with Crippen LogP contribution in [-0.4, -0.2) is 38.1 Å². The Balaban J connectivity index is 1.80. The molecule has 0 N–H and O–H groups in total. The van der Waals surface area contributed by atoms with Crippen molar-refractivity contribution in [2.45, 2.75) is 0 Å². The summed E-state index contributed by atoms with van der Waals surface area (Å²) in [6.45, 7) is 0.812. The summed E-state index contributed by atoms with van der Waals surface area (Å²) in [5.41, 5.74) is 0. The molecule has 0 aliphatic heterocycles.